The first-order valence-corrected chi connectivity index (χ1v) is 6.95. The second-order valence-electron chi connectivity index (χ2n) is 5.19. The second-order valence-corrected chi connectivity index (χ2v) is 5.19. The summed E-state index contributed by atoms with van der Waals surface area (Å²) >= 11 is 0. The Labute approximate surface area is 119 Å². The number of carbonyl (C=O) groups excluding carboxylic acids is 1. The van der Waals surface area contributed by atoms with Crippen LogP contribution in [0.5, 0.6) is 0 Å². The number of benzene rings is 2. The van der Waals surface area contributed by atoms with Crippen LogP contribution in [0.1, 0.15) is 21.5 Å². The number of nitrogen functional groups attached to an aromatic ring is 1. The van der Waals surface area contributed by atoms with Crippen LogP contribution in [0.15, 0.2) is 48.5 Å². The molecule has 0 saturated heterocycles. The summed E-state index contributed by atoms with van der Waals surface area (Å²) in [5.41, 5.74) is 9.58. The first-order chi connectivity index (χ1) is 9.74. The van der Waals surface area contributed by atoms with E-state index >= 15 is 0 Å². The highest BCUT2D eigenvalue weighted by Crippen LogP contribution is 2.21. The predicted molar refractivity (Wildman–Crippen MR) is 80.6 cm³/mol. The fourth-order valence-corrected chi connectivity index (χ4v) is 2.66. The van der Waals surface area contributed by atoms with Gasteiger partial charge in [-0.1, -0.05) is 36.4 Å². The topological polar surface area (TPSA) is 46.3 Å². The van der Waals surface area contributed by atoms with Gasteiger partial charge < -0.3 is 10.6 Å². The van der Waals surface area contributed by atoms with E-state index in [1.807, 2.05) is 35.2 Å². The third-order valence-electron chi connectivity index (χ3n) is 3.82. The van der Waals surface area contributed by atoms with Gasteiger partial charge in [-0.05, 0) is 36.1 Å². The first kappa shape index (κ1) is 12.7. The number of anilines is 1. The van der Waals surface area contributed by atoms with Gasteiger partial charge in [0.05, 0.1) is 0 Å². The summed E-state index contributed by atoms with van der Waals surface area (Å²) in [6.07, 6.45) is 1.81. The van der Waals surface area contributed by atoms with E-state index in [0.717, 1.165) is 37.1 Å². The Hall–Kier alpha value is -2.29. The van der Waals surface area contributed by atoms with Crippen LogP contribution in [0.2, 0.25) is 0 Å². The largest absolute Gasteiger partial charge is 0.399 e. The highest BCUT2D eigenvalue weighted by atomic mass is 16.2. The van der Waals surface area contributed by atoms with Gasteiger partial charge in [-0.3, -0.25) is 4.79 Å². The zero-order valence-corrected chi connectivity index (χ0v) is 11.4. The molecular formula is C17H18N2O. The summed E-state index contributed by atoms with van der Waals surface area (Å²) < 4.78 is 0. The number of carbonyl (C=O) groups is 1. The summed E-state index contributed by atoms with van der Waals surface area (Å²) in [4.78, 5) is 14.4. The lowest BCUT2D eigenvalue weighted by atomic mass is 9.98. The van der Waals surface area contributed by atoms with Crippen molar-refractivity contribution in [3.8, 4) is 0 Å². The predicted octanol–water partition coefficient (Wildman–Crippen LogP) is 2.51. The molecule has 1 amide bonds. The van der Waals surface area contributed by atoms with Gasteiger partial charge >= 0.3 is 0 Å². The van der Waals surface area contributed by atoms with E-state index in [1.54, 1.807) is 6.07 Å². The van der Waals surface area contributed by atoms with Crippen molar-refractivity contribution in [2.45, 2.75) is 12.8 Å². The third kappa shape index (κ3) is 2.52. The van der Waals surface area contributed by atoms with Gasteiger partial charge in [-0.25, -0.2) is 0 Å². The van der Waals surface area contributed by atoms with Crippen molar-refractivity contribution in [2.75, 3.05) is 18.8 Å². The first-order valence-electron chi connectivity index (χ1n) is 6.95. The molecular weight excluding hydrogens is 248 g/mol. The lowest BCUT2D eigenvalue weighted by Crippen LogP contribution is -2.38. The van der Waals surface area contributed by atoms with Crippen LogP contribution in [-0.4, -0.2) is 23.9 Å². The Morgan fingerprint density at radius 1 is 1.10 bits per heavy atom. The molecule has 0 bridgehead atoms. The number of rotatable bonds is 3. The van der Waals surface area contributed by atoms with Gasteiger partial charge in [0.2, 0.25) is 0 Å². The second kappa shape index (κ2) is 5.37. The highest BCUT2D eigenvalue weighted by Gasteiger charge is 2.23. The molecule has 102 valence electrons. The minimum absolute atomic E-state index is 0.106. The van der Waals surface area contributed by atoms with Gasteiger partial charge in [0.25, 0.3) is 5.91 Å². The van der Waals surface area contributed by atoms with E-state index in [-0.39, 0.29) is 5.91 Å². The molecule has 0 fully saturated rings. The molecule has 0 radical (unpaired) electrons. The van der Waals surface area contributed by atoms with E-state index in [9.17, 15) is 4.79 Å². The number of nitrogens with two attached hydrogens (primary N) is 1. The van der Waals surface area contributed by atoms with Gasteiger partial charge in [-0.2, -0.15) is 0 Å². The molecule has 1 heterocycles. The number of nitrogens with zero attached hydrogens (tertiary/aromatic N) is 1. The minimum atomic E-state index is 0.106. The van der Waals surface area contributed by atoms with Crippen molar-refractivity contribution in [3.05, 3.63) is 65.2 Å². The van der Waals surface area contributed by atoms with Crippen LogP contribution in [0.4, 0.5) is 5.69 Å². The maximum Gasteiger partial charge on any atom is 0.254 e. The Balaban J connectivity index is 1.72. The van der Waals surface area contributed by atoms with Gasteiger partial charge in [0, 0.05) is 24.3 Å². The summed E-state index contributed by atoms with van der Waals surface area (Å²) in [5, 5.41) is 0. The number of hydrogen-bond donors (Lipinski definition) is 1. The number of fused-ring (bicyclic) bond motifs is 1. The van der Waals surface area contributed by atoms with E-state index in [4.69, 9.17) is 5.73 Å². The molecule has 1 aliphatic heterocycles. The molecule has 2 N–H and O–H groups in total. The molecule has 0 aromatic heterocycles. The van der Waals surface area contributed by atoms with E-state index in [2.05, 4.69) is 12.1 Å². The molecule has 3 heteroatoms. The SMILES string of the molecule is Nc1ccc2c(c1)C(=O)N(CCc1ccccc1)CC2. The molecule has 2 aromatic carbocycles. The third-order valence-corrected chi connectivity index (χ3v) is 3.82. The molecule has 0 atom stereocenters. The van der Waals surface area contributed by atoms with Crippen molar-refractivity contribution < 1.29 is 4.79 Å². The lowest BCUT2D eigenvalue weighted by molar-refractivity contribution is 0.0742. The van der Waals surface area contributed by atoms with Gasteiger partial charge in [0.1, 0.15) is 0 Å². The number of amides is 1. The smallest absolute Gasteiger partial charge is 0.254 e. The summed E-state index contributed by atoms with van der Waals surface area (Å²) in [6, 6.07) is 15.9. The average Bonchev–Trinajstić information content (AvgIpc) is 2.48. The zero-order chi connectivity index (χ0) is 13.9. The lowest BCUT2D eigenvalue weighted by Gasteiger charge is -2.28. The average molecular weight is 266 g/mol. The molecule has 3 rings (SSSR count). The van der Waals surface area contributed by atoms with Crippen molar-refractivity contribution in [1.29, 1.82) is 0 Å². The summed E-state index contributed by atoms with van der Waals surface area (Å²) in [7, 11) is 0. The highest BCUT2D eigenvalue weighted by molar-refractivity contribution is 5.97. The molecule has 0 spiro atoms. The van der Waals surface area contributed by atoms with Crippen LogP contribution in [-0.2, 0) is 12.8 Å². The molecule has 2 aromatic rings. The van der Waals surface area contributed by atoms with Crippen LogP contribution < -0.4 is 5.73 Å². The molecule has 20 heavy (non-hydrogen) atoms. The maximum absolute atomic E-state index is 12.5. The summed E-state index contributed by atoms with van der Waals surface area (Å²) in [5.74, 6) is 0.106. The fourth-order valence-electron chi connectivity index (χ4n) is 2.66. The fraction of sp³-hybridized carbons (Fsp3) is 0.235. The normalized spacial score (nSPS) is 14.2. The Bertz CT molecular complexity index is 622. The molecule has 0 saturated carbocycles. The quantitative estimate of drug-likeness (QED) is 0.868. The zero-order valence-electron chi connectivity index (χ0n) is 11.4. The van der Waals surface area contributed by atoms with E-state index in [1.165, 1.54) is 5.56 Å². The molecule has 0 unspecified atom stereocenters. The maximum atomic E-state index is 12.5. The van der Waals surface area contributed by atoms with Crippen LogP contribution >= 0.6 is 0 Å². The Morgan fingerprint density at radius 2 is 1.90 bits per heavy atom. The van der Waals surface area contributed by atoms with Gasteiger partial charge in [0.15, 0.2) is 0 Å². The summed E-state index contributed by atoms with van der Waals surface area (Å²) in [6.45, 7) is 1.56. The van der Waals surface area contributed by atoms with E-state index < -0.39 is 0 Å². The Kier molecular flexibility index (Phi) is 3.42. The molecule has 0 aliphatic carbocycles. The van der Waals surface area contributed by atoms with Crippen molar-refractivity contribution >= 4 is 11.6 Å². The molecule has 3 nitrogen and oxygen atoms in total. The van der Waals surface area contributed by atoms with Crippen LogP contribution in [0.3, 0.4) is 0 Å². The van der Waals surface area contributed by atoms with Gasteiger partial charge in [-0.15, -0.1) is 0 Å². The van der Waals surface area contributed by atoms with Crippen molar-refractivity contribution in [2.24, 2.45) is 0 Å². The van der Waals surface area contributed by atoms with E-state index in [0.29, 0.717) is 5.69 Å². The van der Waals surface area contributed by atoms with Crippen molar-refractivity contribution in [1.82, 2.24) is 4.90 Å². The molecule has 1 aliphatic rings. The van der Waals surface area contributed by atoms with Crippen LogP contribution in [0.25, 0.3) is 0 Å². The Morgan fingerprint density at radius 3 is 2.70 bits per heavy atom. The standard InChI is InChI=1S/C17H18N2O/c18-15-7-6-14-9-11-19(17(20)16(14)12-15)10-8-13-4-2-1-3-5-13/h1-7,12H,8-11,18H2. The monoisotopic (exact) mass is 266 g/mol. The van der Waals surface area contributed by atoms with Crippen molar-refractivity contribution in [3.63, 3.8) is 0 Å². The van der Waals surface area contributed by atoms with Crippen LogP contribution in [0, 0.1) is 0 Å². The number of hydrogen-bond acceptors (Lipinski definition) is 2. The minimum Gasteiger partial charge on any atom is -0.399 e.